The van der Waals surface area contributed by atoms with Crippen LogP contribution in [0.1, 0.15) is 11.1 Å². The number of thiophene rings is 1. The summed E-state index contributed by atoms with van der Waals surface area (Å²) in [6, 6.07) is 7.97. The number of hydrogen-bond donors (Lipinski definition) is 1. The Labute approximate surface area is 116 Å². The van der Waals surface area contributed by atoms with Crippen molar-refractivity contribution >= 4 is 22.9 Å². The molecule has 2 rings (SSSR count). The van der Waals surface area contributed by atoms with Gasteiger partial charge in [0, 0.05) is 6.42 Å². The molecule has 0 atom stereocenters. The monoisotopic (exact) mass is 281 g/mol. The third-order valence-electron chi connectivity index (χ3n) is 2.66. The van der Waals surface area contributed by atoms with Gasteiger partial charge in [-0.15, -0.1) is 0 Å². The van der Waals surface area contributed by atoms with Gasteiger partial charge in [-0.25, -0.2) is 0 Å². The molecule has 2 N–H and O–H groups in total. The van der Waals surface area contributed by atoms with Crippen LogP contribution in [0.25, 0.3) is 0 Å². The maximum absolute atomic E-state index is 6.16. The van der Waals surface area contributed by atoms with Gasteiger partial charge < -0.3 is 10.5 Å². The van der Waals surface area contributed by atoms with Crippen LogP contribution >= 0.6 is 22.9 Å². The van der Waals surface area contributed by atoms with Gasteiger partial charge in [0.2, 0.25) is 0 Å². The van der Waals surface area contributed by atoms with Gasteiger partial charge in [-0.1, -0.05) is 17.7 Å². The molecule has 0 fully saturated rings. The molecule has 0 aliphatic heterocycles. The summed E-state index contributed by atoms with van der Waals surface area (Å²) in [5.41, 5.74) is 7.96. The Bertz CT molecular complexity index is 485. The average Bonchev–Trinajstić information content (AvgIpc) is 2.85. The summed E-state index contributed by atoms with van der Waals surface area (Å²) >= 11 is 7.86. The van der Waals surface area contributed by atoms with E-state index in [9.17, 15) is 0 Å². The molecule has 1 heterocycles. The molecule has 0 aliphatic rings. The Morgan fingerprint density at radius 1 is 1.17 bits per heavy atom. The summed E-state index contributed by atoms with van der Waals surface area (Å²) in [5.74, 6) is 0.743. The van der Waals surface area contributed by atoms with Crippen molar-refractivity contribution in [3.63, 3.8) is 0 Å². The molecular formula is C14H16ClNOS. The Morgan fingerprint density at radius 3 is 2.72 bits per heavy atom. The normalized spacial score (nSPS) is 10.6. The second kappa shape index (κ2) is 6.78. The second-order valence-corrected chi connectivity index (χ2v) is 5.22. The smallest absolute Gasteiger partial charge is 0.137 e. The molecule has 96 valence electrons. The van der Waals surface area contributed by atoms with Crippen molar-refractivity contribution in [3.8, 4) is 5.75 Å². The highest BCUT2D eigenvalue weighted by molar-refractivity contribution is 7.07. The highest BCUT2D eigenvalue weighted by atomic mass is 35.5. The largest absolute Gasteiger partial charge is 0.492 e. The summed E-state index contributed by atoms with van der Waals surface area (Å²) in [7, 11) is 0. The first-order valence-electron chi connectivity index (χ1n) is 5.92. The van der Waals surface area contributed by atoms with Gasteiger partial charge >= 0.3 is 0 Å². The summed E-state index contributed by atoms with van der Waals surface area (Å²) in [4.78, 5) is 0. The highest BCUT2D eigenvalue weighted by Crippen LogP contribution is 2.25. The highest BCUT2D eigenvalue weighted by Gasteiger charge is 2.03. The Morgan fingerprint density at radius 2 is 2.06 bits per heavy atom. The van der Waals surface area contributed by atoms with Crippen LogP contribution in [0.15, 0.2) is 35.0 Å². The summed E-state index contributed by atoms with van der Waals surface area (Å²) < 4.78 is 5.68. The molecule has 0 radical (unpaired) electrons. The topological polar surface area (TPSA) is 35.2 Å². The van der Waals surface area contributed by atoms with Gasteiger partial charge in [-0.2, -0.15) is 11.3 Å². The van der Waals surface area contributed by atoms with Crippen molar-refractivity contribution in [2.45, 2.75) is 12.8 Å². The van der Waals surface area contributed by atoms with E-state index in [1.54, 1.807) is 11.3 Å². The van der Waals surface area contributed by atoms with Crippen LogP contribution < -0.4 is 10.5 Å². The molecule has 0 unspecified atom stereocenters. The number of rotatable bonds is 6. The molecule has 2 nitrogen and oxygen atoms in total. The fraction of sp³-hybridized carbons (Fsp3) is 0.286. The van der Waals surface area contributed by atoms with Crippen molar-refractivity contribution in [2.75, 3.05) is 13.2 Å². The SMILES string of the molecule is NCCc1ccc(OCCc2ccsc2)c(Cl)c1. The van der Waals surface area contributed by atoms with E-state index in [0.717, 1.165) is 24.2 Å². The number of ether oxygens (including phenoxy) is 1. The Balaban J connectivity index is 1.89. The number of hydrogen-bond acceptors (Lipinski definition) is 3. The van der Waals surface area contributed by atoms with Crippen molar-refractivity contribution < 1.29 is 4.74 Å². The van der Waals surface area contributed by atoms with Gasteiger partial charge in [-0.3, -0.25) is 0 Å². The maximum atomic E-state index is 6.16. The molecule has 0 saturated carbocycles. The van der Waals surface area contributed by atoms with E-state index in [1.165, 1.54) is 5.56 Å². The lowest BCUT2D eigenvalue weighted by Crippen LogP contribution is -2.04. The Hall–Kier alpha value is -1.03. The molecule has 2 aromatic rings. The van der Waals surface area contributed by atoms with Crippen LogP contribution in [0.4, 0.5) is 0 Å². The van der Waals surface area contributed by atoms with Crippen molar-refractivity contribution in [2.24, 2.45) is 5.73 Å². The number of halogens is 1. The quantitative estimate of drug-likeness (QED) is 0.879. The zero-order valence-corrected chi connectivity index (χ0v) is 11.6. The lowest BCUT2D eigenvalue weighted by atomic mass is 10.1. The van der Waals surface area contributed by atoms with E-state index in [4.69, 9.17) is 22.1 Å². The third-order valence-corrected chi connectivity index (χ3v) is 3.69. The van der Waals surface area contributed by atoms with E-state index < -0.39 is 0 Å². The molecule has 1 aromatic carbocycles. The van der Waals surface area contributed by atoms with E-state index in [-0.39, 0.29) is 0 Å². The van der Waals surface area contributed by atoms with E-state index >= 15 is 0 Å². The van der Waals surface area contributed by atoms with Gasteiger partial charge in [0.25, 0.3) is 0 Å². The van der Waals surface area contributed by atoms with E-state index in [2.05, 4.69) is 16.8 Å². The third kappa shape index (κ3) is 3.73. The number of benzene rings is 1. The minimum absolute atomic E-state index is 0.634. The predicted octanol–water partition coefficient (Wildman–Crippen LogP) is 3.52. The fourth-order valence-corrected chi connectivity index (χ4v) is 2.66. The van der Waals surface area contributed by atoms with Crippen molar-refractivity contribution in [3.05, 3.63) is 51.2 Å². The summed E-state index contributed by atoms with van der Waals surface area (Å²) in [6.45, 7) is 1.28. The predicted molar refractivity (Wildman–Crippen MR) is 77.7 cm³/mol. The first-order valence-corrected chi connectivity index (χ1v) is 7.24. The second-order valence-electron chi connectivity index (χ2n) is 4.03. The van der Waals surface area contributed by atoms with Crippen LogP contribution in [-0.4, -0.2) is 13.2 Å². The summed E-state index contributed by atoms with van der Waals surface area (Å²) in [5, 5.41) is 4.87. The lowest BCUT2D eigenvalue weighted by Gasteiger charge is -2.09. The van der Waals surface area contributed by atoms with Gasteiger partial charge in [0.15, 0.2) is 0 Å². The first-order chi connectivity index (χ1) is 8.79. The van der Waals surface area contributed by atoms with Crippen LogP contribution in [0.3, 0.4) is 0 Å². The van der Waals surface area contributed by atoms with Gasteiger partial charge in [0.05, 0.1) is 11.6 Å². The van der Waals surface area contributed by atoms with Gasteiger partial charge in [-0.05, 0) is 53.1 Å². The zero-order valence-electron chi connectivity index (χ0n) is 10.1. The molecule has 18 heavy (non-hydrogen) atoms. The van der Waals surface area contributed by atoms with Crippen LogP contribution in [0.5, 0.6) is 5.75 Å². The van der Waals surface area contributed by atoms with Crippen LogP contribution in [0.2, 0.25) is 5.02 Å². The molecule has 4 heteroatoms. The standard InChI is InChI=1S/C14H16ClNOS/c15-13-9-11(3-6-16)1-2-14(13)17-7-4-12-5-8-18-10-12/h1-2,5,8-10H,3-4,6-7,16H2. The molecule has 0 saturated heterocycles. The minimum Gasteiger partial charge on any atom is -0.492 e. The molecular weight excluding hydrogens is 266 g/mol. The molecule has 0 bridgehead atoms. The van der Waals surface area contributed by atoms with Crippen LogP contribution in [0, 0.1) is 0 Å². The Kier molecular flexibility index (Phi) is 5.05. The molecule has 1 aromatic heterocycles. The van der Waals surface area contributed by atoms with Crippen molar-refractivity contribution in [1.29, 1.82) is 0 Å². The van der Waals surface area contributed by atoms with Gasteiger partial charge in [0.1, 0.15) is 5.75 Å². The average molecular weight is 282 g/mol. The zero-order chi connectivity index (χ0) is 12.8. The van der Waals surface area contributed by atoms with Crippen LogP contribution in [-0.2, 0) is 12.8 Å². The minimum atomic E-state index is 0.634. The summed E-state index contributed by atoms with van der Waals surface area (Å²) in [6.07, 6.45) is 1.75. The lowest BCUT2D eigenvalue weighted by molar-refractivity contribution is 0.322. The molecule has 0 spiro atoms. The van der Waals surface area contributed by atoms with E-state index in [0.29, 0.717) is 18.2 Å². The van der Waals surface area contributed by atoms with Crippen molar-refractivity contribution in [1.82, 2.24) is 0 Å². The van der Waals surface area contributed by atoms with E-state index in [1.807, 2.05) is 18.2 Å². The first kappa shape index (κ1) is 13.4. The molecule has 0 aliphatic carbocycles. The fourth-order valence-electron chi connectivity index (χ4n) is 1.70. The molecule has 0 amide bonds. The number of nitrogens with two attached hydrogens (primary N) is 1. The maximum Gasteiger partial charge on any atom is 0.137 e.